The number of rotatable bonds is 1. The minimum Gasteiger partial charge on any atom is -0.369 e. The number of hydrogen-bond acceptors (Lipinski definition) is 2. The second-order valence-electron chi connectivity index (χ2n) is 4.68. The number of anilines is 1. The van der Waals surface area contributed by atoms with Gasteiger partial charge in [0.2, 0.25) is 5.95 Å². The minimum atomic E-state index is -0.244. The van der Waals surface area contributed by atoms with Crippen LogP contribution in [0.5, 0.6) is 0 Å². The molecule has 2 N–H and O–H groups in total. The first-order valence-corrected chi connectivity index (χ1v) is 6.08. The third-order valence-corrected chi connectivity index (χ3v) is 3.33. The molecule has 3 nitrogen and oxygen atoms in total. The fourth-order valence-corrected chi connectivity index (χ4v) is 2.25. The first kappa shape index (κ1) is 11.7. The van der Waals surface area contributed by atoms with Crippen molar-refractivity contribution < 1.29 is 4.39 Å². The lowest BCUT2D eigenvalue weighted by Crippen LogP contribution is -2.01. The molecule has 0 aliphatic carbocycles. The van der Waals surface area contributed by atoms with Crippen LogP contribution < -0.4 is 5.73 Å². The van der Waals surface area contributed by atoms with Crippen LogP contribution in [-0.4, -0.2) is 9.55 Å². The van der Waals surface area contributed by atoms with Gasteiger partial charge in [-0.15, -0.1) is 0 Å². The molecule has 0 atom stereocenters. The average Bonchev–Trinajstić information content (AvgIpc) is 2.71. The van der Waals surface area contributed by atoms with E-state index in [4.69, 9.17) is 5.73 Å². The summed E-state index contributed by atoms with van der Waals surface area (Å²) in [6, 6.07) is 10.9. The summed E-state index contributed by atoms with van der Waals surface area (Å²) in [5.74, 6) is 0.124. The molecular formula is C15H14FN3. The topological polar surface area (TPSA) is 43.8 Å². The van der Waals surface area contributed by atoms with Gasteiger partial charge in [0, 0.05) is 0 Å². The van der Waals surface area contributed by atoms with Gasteiger partial charge in [0.1, 0.15) is 5.82 Å². The first-order valence-electron chi connectivity index (χ1n) is 6.08. The fraction of sp³-hybridized carbons (Fsp3) is 0.133. The predicted octanol–water partition coefficient (Wildman–Crippen LogP) is 3.36. The number of hydrogen-bond donors (Lipinski definition) is 1. The van der Waals surface area contributed by atoms with Gasteiger partial charge in [-0.25, -0.2) is 9.37 Å². The molecule has 0 aliphatic rings. The molecular weight excluding hydrogens is 241 g/mol. The van der Waals surface area contributed by atoms with Crippen molar-refractivity contribution in [3.05, 3.63) is 53.3 Å². The summed E-state index contributed by atoms with van der Waals surface area (Å²) in [5.41, 5.74) is 10.1. The Morgan fingerprint density at radius 1 is 1.11 bits per heavy atom. The van der Waals surface area contributed by atoms with Crippen molar-refractivity contribution in [3.8, 4) is 5.69 Å². The molecule has 4 heteroatoms. The number of imidazole rings is 1. The van der Waals surface area contributed by atoms with Gasteiger partial charge in [-0.2, -0.15) is 0 Å². The van der Waals surface area contributed by atoms with Gasteiger partial charge < -0.3 is 5.73 Å². The van der Waals surface area contributed by atoms with E-state index in [0.29, 0.717) is 17.2 Å². The molecule has 0 spiro atoms. The first-order chi connectivity index (χ1) is 9.08. The number of fused-ring (bicyclic) bond motifs is 1. The van der Waals surface area contributed by atoms with Crippen LogP contribution in [0.1, 0.15) is 11.1 Å². The molecule has 3 rings (SSSR count). The highest BCUT2D eigenvalue weighted by Crippen LogP contribution is 2.25. The normalized spacial score (nSPS) is 11.1. The molecule has 1 heterocycles. The van der Waals surface area contributed by atoms with E-state index in [0.717, 1.165) is 16.6 Å². The average molecular weight is 255 g/mol. The Balaban J connectivity index is 2.33. The fourth-order valence-electron chi connectivity index (χ4n) is 2.25. The maximum atomic E-state index is 13.7. The van der Waals surface area contributed by atoms with Crippen molar-refractivity contribution in [1.29, 1.82) is 0 Å². The number of nitrogens with two attached hydrogens (primary N) is 1. The Hall–Kier alpha value is -2.36. The standard InChI is InChI=1S/C15H14FN3/c1-9-6-7-11(8-12(9)16)19-13-5-3-4-10(2)14(13)18-15(19)17/h3-8H,1-2H3,(H2,17,18). The molecule has 0 unspecified atom stereocenters. The molecule has 0 saturated heterocycles. The summed E-state index contributed by atoms with van der Waals surface area (Å²) in [5, 5.41) is 0. The number of aromatic nitrogens is 2. The van der Waals surface area contributed by atoms with Gasteiger partial charge in [0.05, 0.1) is 16.7 Å². The third-order valence-electron chi connectivity index (χ3n) is 3.33. The quantitative estimate of drug-likeness (QED) is 0.724. The molecule has 19 heavy (non-hydrogen) atoms. The van der Waals surface area contributed by atoms with E-state index >= 15 is 0 Å². The highest BCUT2D eigenvalue weighted by atomic mass is 19.1. The second kappa shape index (κ2) is 4.09. The van der Waals surface area contributed by atoms with Crippen molar-refractivity contribution >= 4 is 17.0 Å². The Bertz CT molecular complexity index is 774. The van der Waals surface area contributed by atoms with Crippen molar-refractivity contribution in [3.63, 3.8) is 0 Å². The SMILES string of the molecule is Cc1ccc(-n2c(N)nc3c(C)cccc32)cc1F. The van der Waals surface area contributed by atoms with Crippen LogP contribution >= 0.6 is 0 Å². The van der Waals surface area contributed by atoms with E-state index in [-0.39, 0.29) is 5.82 Å². The lowest BCUT2D eigenvalue weighted by atomic mass is 10.2. The monoisotopic (exact) mass is 255 g/mol. The molecule has 0 bridgehead atoms. The molecule has 0 aliphatic heterocycles. The molecule has 0 saturated carbocycles. The zero-order valence-electron chi connectivity index (χ0n) is 10.8. The van der Waals surface area contributed by atoms with Crippen molar-refractivity contribution in [2.75, 3.05) is 5.73 Å². The van der Waals surface area contributed by atoms with Gasteiger partial charge >= 0.3 is 0 Å². The summed E-state index contributed by atoms with van der Waals surface area (Å²) < 4.78 is 15.5. The Kier molecular flexibility index (Phi) is 2.52. The van der Waals surface area contributed by atoms with Crippen LogP contribution in [0.25, 0.3) is 16.7 Å². The van der Waals surface area contributed by atoms with E-state index in [1.165, 1.54) is 6.07 Å². The minimum absolute atomic E-state index is 0.244. The Morgan fingerprint density at radius 3 is 2.63 bits per heavy atom. The van der Waals surface area contributed by atoms with Crippen LogP contribution in [0, 0.1) is 19.7 Å². The molecule has 96 valence electrons. The zero-order chi connectivity index (χ0) is 13.6. The van der Waals surface area contributed by atoms with E-state index in [2.05, 4.69) is 4.98 Å². The highest BCUT2D eigenvalue weighted by Gasteiger charge is 2.12. The van der Waals surface area contributed by atoms with Gasteiger partial charge in [0.25, 0.3) is 0 Å². The van der Waals surface area contributed by atoms with Gasteiger partial charge in [-0.1, -0.05) is 18.2 Å². The largest absolute Gasteiger partial charge is 0.369 e. The van der Waals surface area contributed by atoms with Crippen molar-refractivity contribution in [2.24, 2.45) is 0 Å². The maximum absolute atomic E-state index is 13.7. The summed E-state index contributed by atoms with van der Waals surface area (Å²) in [4.78, 5) is 4.36. The molecule has 0 fully saturated rings. The second-order valence-corrected chi connectivity index (χ2v) is 4.68. The number of para-hydroxylation sites is 1. The van der Waals surface area contributed by atoms with E-state index in [9.17, 15) is 4.39 Å². The van der Waals surface area contributed by atoms with E-state index in [1.807, 2.05) is 31.2 Å². The van der Waals surface area contributed by atoms with Gasteiger partial charge in [-0.3, -0.25) is 4.57 Å². The molecule has 0 radical (unpaired) electrons. The van der Waals surface area contributed by atoms with Gasteiger partial charge in [0.15, 0.2) is 0 Å². The van der Waals surface area contributed by atoms with Crippen LogP contribution in [0.3, 0.4) is 0 Å². The zero-order valence-corrected chi connectivity index (χ0v) is 10.8. The Labute approximate surface area is 110 Å². The molecule has 1 aromatic heterocycles. The van der Waals surface area contributed by atoms with E-state index in [1.54, 1.807) is 17.6 Å². The lowest BCUT2D eigenvalue weighted by molar-refractivity contribution is 0.617. The lowest BCUT2D eigenvalue weighted by Gasteiger charge is -2.07. The van der Waals surface area contributed by atoms with Crippen molar-refractivity contribution in [2.45, 2.75) is 13.8 Å². The van der Waals surface area contributed by atoms with Crippen LogP contribution in [0.15, 0.2) is 36.4 Å². The van der Waals surface area contributed by atoms with Crippen LogP contribution in [0.4, 0.5) is 10.3 Å². The molecule has 3 aromatic rings. The Morgan fingerprint density at radius 2 is 1.89 bits per heavy atom. The number of aryl methyl sites for hydroxylation is 2. The smallest absolute Gasteiger partial charge is 0.205 e. The third kappa shape index (κ3) is 1.76. The number of halogens is 1. The number of benzene rings is 2. The summed E-state index contributed by atoms with van der Waals surface area (Å²) in [6.07, 6.45) is 0. The van der Waals surface area contributed by atoms with Crippen LogP contribution in [0.2, 0.25) is 0 Å². The predicted molar refractivity (Wildman–Crippen MR) is 74.9 cm³/mol. The summed E-state index contributed by atoms with van der Waals surface area (Å²) in [6.45, 7) is 3.72. The van der Waals surface area contributed by atoms with Crippen molar-refractivity contribution in [1.82, 2.24) is 9.55 Å². The van der Waals surface area contributed by atoms with Crippen LogP contribution in [-0.2, 0) is 0 Å². The summed E-state index contributed by atoms with van der Waals surface area (Å²) in [7, 11) is 0. The highest BCUT2D eigenvalue weighted by molar-refractivity contribution is 5.83. The molecule has 2 aromatic carbocycles. The number of nitrogen functional groups attached to an aromatic ring is 1. The summed E-state index contributed by atoms with van der Waals surface area (Å²) >= 11 is 0. The molecule has 0 amide bonds. The number of nitrogens with zero attached hydrogens (tertiary/aromatic N) is 2. The maximum Gasteiger partial charge on any atom is 0.205 e. The van der Waals surface area contributed by atoms with Gasteiger partial charge in [-0.05, 0) is 43.2 Å². The van der Waals surface area contributed by atoms with E-state index < -0.39 is 0 Å².